The van der Waals surface area contributed by atoms with Gasteiger partial charge in [-0.3, -0.25) is 4.79 Å². The van der Waals surface area contributed by atoms with Crippen LogP contribution in [0.4, 0.5) is 4.39 Å². The first kappa shape index (κ1) is 14.0. The van der Waals surface area contributed by atoms with Gasteiger partial charge in [0.1, 0.15) is 5.82 Å². The Kier molecular flexibility index (Phi) is 4.53. The van der Waals surface area contributed by atoms with Crippen molar-refractivity contribution in [1.29, 1.82) is 0 Å². The van der Waals surface area contributed by atoms with E-state index in [-0.39, 0.29) is 17.5 Å². The van der Waals surface area contributed by atoms with Gasteiger partial charge >= 0.3 is 0 Å². The van der Waals surface area contributed by atoms with E-state index < -0.39 is 5.82 Å². The van der Waals surface area contributed by atoms with E-state index in [9.17, 15) is 9.18 Å². The molecule has 1 saturated carbocycles. The molecule has 2 N–H and O–H groups in total. The molecule has 0 spiro atoms. The molecule has 2 atom stereocenters. The highest BCUT2D eigenvalue weighted by atomic mass is 19.1. The number of nitrogens with zero attached hydrogens (tertiary/aromatic N) is 1. The van der Waals surface area contributed by atoms with Crippen LogP contribution in [-0.2, 0) is 0 Å². The summed E-state index contributed by atoms with van der Waals surface area (Å²) in [6.45, 7) is 0.583. The van der Waals surface area contributed by atoms with Gasteiger partial charge in [0.15, 0.2) is 0 Å². The van der Waals surface area contributed by atoms with E-state index in [1.165, 1.54) is 18.6 Å². The maximum absolute atomic E-state index is 13.7. The molecule has 0 aliphatic heterocycles. The molecule has 1 fully saturated rings. The minimum Gasteiger partial charge on any atom is -0.338 e. The van der Waals surface area contributed by atoms with Crippen molar-refractivity contribution in [3.8, 4) is 0 Å². The summed E-state index contributed by atoms with van der Waals surface area (Å²) >= 11 is 0. The minimum absolute atomic E-state index is 0.130. The predicted octanol–water partition coefficient (Wildman–Crippen LogP) is 2.42. The third kappa shape index (κ3) is 2.95. The number of rotatable bonds is 3. The molecule has 1 aliphatic rings. The SMILES string of the molecule is CN(C(=O)c1ccccc1F)C1CCCCC1CN. The summed E-state index contributed by atoms with van der Waals surface area (Å²) in [5, 5.41) is 0. The summed E-state index contributed by atoms with van der Waals surface area (Å²) in [4.78, 5) is 14.0. The van der Waals surface area contributed by atoms with Crippen LogP contribution in [0.2, 0.25) is 0 Å². The normalized spacial score (nSPS) is 23.1. The summed E-state index contributed by atoms with van der Waals surface area (Å²) in [6.07, 6.45) is 4.28. The van der Waals surface area contributed by atoms with Crippen molar-refractivity contribution in [1.82, 2.24) is 4.90 Å². The van der Waals surface area contributed by atoms with Gasteiger partial charge in [-0.05, 0) is 37.4 Å². The van der Waals surface area contributed by atoms with Gasteiger partial charge < -0.3 is 10.6 Å². The van der Waals surface area contributed by atoms with Gasteiger partial charge in [-0.1, -0.05) is 25.0 Å². The topological polar surface area (TPSA) is 46.3 Å². The molecule has 4 heteroatoms. The molecule has 0 aromatic heterocycles. The van der Waals surface area contributed by atoms with E-state index in [4.69, 9.17) is 5.73 Å². The second-order valence-electron chi connectivity index (χ2n) is 5.24. The molecule has 1 aliphatic carbocycles. The number of benzene rings is 1. The van der Waals surface area contributed by atoms with Gasteiger partial charge in [-0.2, -0.15) is 0 Å². The maximum Gasteiger partial charge on any atom is 0.256 e. The Balaban J connectivity index is 2.16. The van der Waals surface area contributed by atoms with E-state index in [0.29, 0.717) is 12.5 Å². The van der Waals surface area contributed by atoms with E-state index in [2.05, 4.69) is 0 Å². The summed E-state index contributed by atoms with van der Waals surface area (Å²) in [7, 11) is 1.76. The fraction of sp³-hybridized carbons (Fsp3) is 0.533. The van der Waals surface area contributed by atoms with Gasteiger partial charge in [-0.15, -0.1) is 0 Å². The van der Waals surface area contributed by atoms with Crippen LogP contribution < -0.4 is 5.73 Å². The minimum atomic E-state index is -0.459. The Labute approximate surface area is 113 Å². The lowest BCUT2D eigenvalue weighted by molar-refractivity contribution is 0.0616. The van der Waals surface area contributed by atoms with Crippen LogP contribution in [0, 0.1) is 11.7 Å². The van der Waals surface area contributed by atoms with Crippen molar-refractivity contribution >= 4 is 5.91 Å². The molecule has 1 aromatic carbocycles. The van der Waals surface area contributed by atoms with Crippen molar-refractivity contribution in [2.75, 3.05) is 13.6 Å². The Morgan fingerprint density at radius 1 is 1.37 bits per heavy atom. The highest BCUT2D eigenvalue weighted by Gasteiger charge is 2.30. The monoisotopic (exact) mass is 264 g/mol. The first-order chi connectivity index (χ1) is 9.15. The molecule has 0 bridgehead atoms. The van der Waals surface area contributed by atoms with Crippen LogP contribution in [0.15, 0.2) is 24.3 Å². The van der Waals surface area contributed by atoms with E-state index >= 15 is 0 Å². The lowest BCUT2D eigenvalue weighted by Gasteiger charge is -2.37. The Morgan fingerprint density at radius 2 is 2.05 bits per heavy atom. The Hall–Kier alpha value is -1.42. The molecule has 1 aromatic rings. The standard InChI is InChI=1S/C15H21FN2O/c1-18(14-9-5-2-6-11(14)10-17)15(19)12-7-3-4-8-13(12)16/h3-4,7-8,11,14H,2,5-6,9-10,17H2,1H3. The second kappa shape index (κ2) is 6.15. The van der Waals surface area contributed by atoms with Crippen molar-refractivity contribution in [2.45, 2.75) is 31.7 Å². The fourth-order valence-electron chi connectivity index (χ4n) is 2.95. The molecule has 0 heterocycles. The number of amides is 1. The number of hydrogen-bond acceptors (Lipinski definition) is 2. The molecule has 2 unspecified atom stereocenters. The van der Waals surface area contributed by atoms with Gasteiger partial charge in [0.05, 0.1) is 5.56 Å². The zero-order chi connectivity index (χ0) is 13.8. The summed E-state index contributed by atoms with van der Waals surface area (Å²) in [5.74, 6) is -0.377. The molecular formula is C15H21FN2O. The van der Waals surface area contributed by atoms with E-state index in [1.807, 2.05) is 0 Å². The van der Waals surface area contributed by atoms with Crippen LogP contribution in [0.1, 0.15) is 36.0 Å². The lowest BCUT2D eigenvalue weighted by atomic mass is 9.83. The molecule has 104 valence electrons. The average molecular weight is 264 g/mol. The van der Waals surface area contributed by atoms with Crippen molar-refractivity contribution in [3.63, 3.8) is 0 Å². The molecule has 19 heavy (non-hydrogen) atoms. The molecule has 0 radical (unpaired) electrons. The van der Waals surface area contributed by atoms with E-state index in [1.54, 1.807) is 24.1 Å². The van der Waals surface area contributed by atoms with E-state index in [0.717, 1.165) is 19.3 Å². The van der Waals surface area contributed by atoms with Gasteiger partial charge in [0.2, 0.25) is 0 Å². The fourth-order valence-corrected chi connectivity index (χ4v) is 2.95. The highest BCUT2D eigenvalue weighted by molar-refractivity contribution is 5.94. The Bertz CT molecular complexity index is 450. The number of carbonyl (C=O) groups excluding carboxylic acids is 1. The van der Waals surface area contributed by atoms with Crippen LogP contribution >= 0.6 is 0 Å². The third-order valence-electron chi connectivity index (χ3n) is 4.09. The molecular weight excluding hydrogens is 243 g/mol. The smallest absolute Gasteiger partial charge is 0.256 e. The van der Waals surface area contributed by atoms with Crippen molar-refractivity contribution in [3.05, 3.63) is 35.6 Å². The lowest BCUT2D eigenvalue weighted by Crippen LogP contribution is -2.46. The zero-order valence-electron chi connectivity index (χ0n) is 11.3. The van der Waals surface area contributed by atoms with Crippen LogP contribution in [0.5, 0.6) is 0 Å². The second-order valence-corrected chi connectivity index (χ2v) is 5.24. The van der Waals surface area contributed by atoms with Crippen LogP contribution in [0.3, 0.4) is 0 Å². The first-order valence-corrected chi connectivity index (χ1v) is 6.87. The molecule has 0 saturated heterocycles. The zero-order valence-corrected chi connectivity index (χ0v) is 11.3. The van der Waals surface area contributed by atoms with Gasteiger partial charge in [-0.25, -0.2) is 4.39 Å². The van der Waals surface area contributed by atoms with Gasteiger partial charge in [0, 0.05) is 13.1 Å². The molecule has 1 amide bonds. The number of carbonyl (C=O) groups is 1. The molecule has 3 nitrogen and oxygen atoms in total. The highest BCUT2D eigenvalue weighted by Crippen LogP contribution is 2.28. The number of nitrogens with two attached hydrogens (primary N) is 1. The predicted molar refractivity (Wildman–Crippen MR) is 73.3 cm³/mol. The number of hydrogen-bond donors (Lipinski definition) is 1. The summed E-state index contributed by atoms with van der Waals surface area (Å²) in [6, 6.07) is 6.27. The van der Waals surface area contributed by atoms with Crippen molar-refractivity contribution in [2.24, 2.45) is 11.7 Å². The molecule has 2 rings (SSSR count). The Morgan fingerprint density at radius 3 is 2.74 bits per heavy atom. The summed E-state index contributed by atoms with van der Waals surface area (Å²) in [5.41, 5.74) is 5.93. The quantitative estimate of drug-likeness (QED) is 0.911. The maximum atomic E-state index is 13.7. The van der Waals surface area contributed by atoms with Crippen LogP contribution in [0.25, 0.3) is 0 Å². The number of halogens is 1. The summed E-state index contributed by atoms with van der Waals surface area (Å²) < 4.78 is 13.7. The first-order valence-electron chi connectivity index (χ1n) is 6.87. The largest absolute Gasteiger partial charge is 0.338 e. The average Bonchev–Trinajstić information content (AvgIpc) is 2.46. The third-order valence-corrected chi connectivity index (χ3v) is 4.09. The van der Waals surface area contributed by atoms with Crippen molar-refractivity contribution < 1.29 is 9.18 Å². The van der Waals surface area contributed by atoms with Crippen LogP contribution in [-0.4, -0.2) is 30.4 Å². The van der Waals surface area contributed by atoms with Gasteiger partial charge in [0.25, 0.3) is 5.91 Å².